The van der Waals surface area contributed by atoms with E-state index < -0.39 is 6.04 Å². The van der Waals surface area contributed by atoms with E-state index in [0.29, 0.717) is 11.5 Å². The van der Waals surface area contributed by atoms with Crippen LogP contribution in [0.3, 0.4) is 0 Å². The molecule has 2 N–H and O–H groups in total. The summed E-state index contributed by atoms with van der Waals surface area (Å²) in [5.41, 5.74) is 0.432. The zero-order chi connectivity index (χ0) is 15.2. The van der Waals surface area contributed by atoms with Crippen molar-refractivity contribution < 1.29 is 14.0 Å². The molecular weight excluding hydrogens is 306 g/mol. The van der Waals surface area contributed by atoms with Crippen molar-refractivity contribution in [2.45, 2.75) is 25.8 Å². The Bertz CT molecular complexity index is 476. The molecule has 1 fully saturated rings. The molecular formula is C15H24ClN3O3. The maximum atomic E-state index is 12.4. The van der Waals surface area contributed by atoms with Gasteiger partial charge >= 0.3 is 0 Å². The van der Waals surface area contributed by atoms with Crippen LogP contribution in [0.15, 0.2) is 23.0 Å². The molecule has 1 aliphatic heterocycles. The number of hydrogen-bond acceptors (Lipinski definition) is 4. The van der Waals surface area contributed by atoms with Crippen LogP contribution in [0.2, 0.25) is 0 Å². The monoisotopic (exact) mass is 329 g/mol. The molecule has 2 amide bonds. The molecule has 2 unspecified atom stereocenters. The second-order valence-corrected chi connectivity index (χ2v) is 5.56. The second-order valence-electron chi connectivity index (χ2n) is 5.56. The van der Waals surface area contributed by atoms with E-state index in [1.54, 1.807) is 13.0 Å². The number of likely N-dealkylation sites (tertiary alicyclic amines) is 1. The summed E-state index contributed by atoms with van der Waals surface area (Å²) in [5.74, 6) is 0.186. The molecule has 1 aliphatic rings. The maximum Gasteiger partial charge on any atom is 0.255 e. The summed E-state index contributed by atoms with van der Waals surface area (Å²) in [6.07, 6.45) is 4.96. The van der Waals surface area contributed by atoms with Gasteiger partial charge in [0.2, 0.25) is 5.91 Å². The van der Waals surface area contributed by atoms with E-state index in [0.717, 1.165) is 32.5 Å². The molecule has 1 saturated heterocycles. The third-order valence-electron chi connectivity index (χ3n) is 3.82. The number of rotatable bonds is 5. The molecule has 2 rings (SSSR count). The highest BCUT2D eigenvalue weighted by Crippen LogP contribution is 2.16. The quantitative estimate of drug-likeness (QED) is 0.853. The van der Waals surface area contributed by atoms with Gasteiger partial charge in [0, 0.05) is 13.1 Å². The van der Waals surface area contributed by atoms with Crippen molar-refractivity contribution in [1.82, 2.24) is 15.5 Å². The van der Waals surface area contributed by atoms with Crippen molar-refractivity contribution in [3.8, 4) is 0 Å². The number of amides is 2. The number of halogens is 1. The third kappa shape index (κ3) is 4.74. The third-order valence-corrected chi connectivity index (χ3v) is 3.82. The predicted octanol–water partition coefficient (Wildman–Crippen LogP) is 1.28. The Balaban J connectivity index is 0.00000242. The Morgan fingerprint density at radius 3 is 2.91 bits per heavy atom. The van der Waals surface area contributed by atoms with E-state index in [1.807, 2.05) is 11.9 Å². The first-order chi connectivity index (χ1) is 10.1. The van der Waals surface area contributed by atoms with Gasteiger partial charge < -0.3 is 20.0 Å². The lowest BCUT2D eigenvalue weighted by Gasteiger charge is -2.34. The van der Waals surface area contributed by atoms with Crippen LogP contribution in [0.5, 0.6) is 0 Å². The molecule has 2 atom stereocenters. The van der Waals surface area contributed by atoms with Crippen LogP contribution < -0.4 is 10.6 Å². The summed E-state index contributed by atoms with van der Waals surface area (Å²) in [6.45, 7) is 4.16. The molecule has 1 aromatic rings. The van der Waals surface area contributed by atoms with Gasteiger partial charge in [-0.1, -0.05) is 0 Å². The van der Waals surface area contributed by atoms with Gasteiger partial charge in [0.05, 0.1) is 11.8 Å². The van der Waals surface area contributed by atoms with Gasteiger partial charge in [0.1, 0.15) is 12.3 Å². The molecule has 0 aliphatic carbocycles. The Hall–Kier alpha value is -1.53. The lowest BCUT2D eigenvalue weighted by atomic mass is 9.97. The molecule has 2 heterocycles. The van der Waals surface area contributed by atoms with E-state index in [1.165, 1.54) is 12.5 Å². The number of nitrogens with one attached hydrogen (secondary N) is 2. The highest BCUT2D eigenvalue weighted by atomic mass is 35.5. The summed E-state index contributed by atoms with van der Waals surface area (Å²) in [6, 6.07) is 1.05. The zero-order valence-electron chi connectivity index (χ0n) is 13.0. The van der Waals surface area contributed by atoms with Crippen LogP contribution >= 0.6 is 12.4 Å². The van der Waals surface area contributed by atoms with Gasteiger partial charge in [-0.2, -0.15) is 0 Å². The summed E-state index contributed by atoms with van der Waals surface area (Å²) in [5, 5.41) is 5.88. The normalized spacial score (nSPS) is 19.2. The van der Waals surface area contributed by atoms with Crippen LogP contribution in [-0.2, 0) is 4.79 Å². The first-order valence-electron chi connectivity index (χ1n) is 7.38. The van der Waals surface area contributed by atoms with E-state index in [9.17, 15) is 9.59 Å². The standard InChI is InChI=1S/C15H23N3O3.ClH/c1-11(17-14(19)13-5-7-21-10-13)15(20)18-6-3-4-12(9-18)8-16-2;/h5,7,10-12,16H,3-4,6,8-9H2,1-2H3,(H,17,19);1H. The van der Waals surface area contributed by atoms with Crippen LogP contribution in [0.25, 0.3) is 0 Å². The number of nitrogens with zero attached hydrogens (tertiary/aromatic N) is 1. The highest BCUT2D eigenvalue weighted by Gasteiger charge is 2.27. The first-order valence-corrected chi connectivity index (χ1v) is 7.38. The molecule has 0 spiro atoms. The van der Waals surface area contributed by atoms with E-state index in [4.69, 9.17) is 4.42 Å². The van der Waals surface area contributed by atoms with E-state index >= 15 is 0 Å². The zero-order valence-corrected chi connectivity index (χ0v) is 13.8. The van der Waals surface area contributed by atoms with Gasteiger partial charge in [-0.25, -0.2) is 0 Å². The van der Waals surface area contributed by atoms with Crippen molar-refractivity contribution in [2.24, 2.45) is 5.92 Å². The Kier molecular flexibility index (Phi) is 7.41. The number of hydrogen-bond donors (Lipinski definition) is 2. The van der Waals surface area contributed by atoms with Crippen LogP contribution in [-0.4, -0.2) is 49.4 Å². The fourth-order valence-electron chi connectivity index (χ4n) is 2.73. The lowest BCUT2D eigenvalue weighted by molar-refractivity contribution is -0.134. The fourth-order valence-corrected chi connectivity index (χ4v) is 2.73. The molecule has 22 heavy (non-hydrogen) atoms. The number of furan rings is 1. The van der Waals surface area contributed by atoms with Gasteiger partial charge in [-0.15, -0.1) is 12.4 Å². The molecule has 1 aromatic heterocycles. The SMILES string of the molecule is CNCC1CCCN(C(=O)C(C)NC(=O)c2ccoc2)C1.Cl. The molecule has 0 bridgehead atoms. The summed E-state index contributed by atoms with van der Waals surface area (Å²) in [7, 11) is 1.93. The average Bonchev–Trinajstić information content (AvgIpc) is 3.01. The molecule has 6 nitrogen and oxygen atoms in total. The average molecular weight is 330 g/mol. The van der Waals surface area contributed by atoms with E-state index in [2.05, 4.69) is 10.6 Å². The molecule has 0 aromatic carbocycles. The first kappa shape index (κ1) is 18.5. The maximum absolute atomic E-state index is 12.4. The Morgan fingerprint density at radius 2 is 2.27 bits per heavy atom. The van der Waals surface area contributed by atoms with Gasteiger partial charge in [0.25, 0.3) is 5.91 Å². The van der Waals surface area contributed by atoms with Crippen molar-refractivity contribution in [1.29, 1.82) is 0 Å². The van der Waals surface area contributed by atoms with Gasteiger partial charge in [-0.3, -0.25) is 9.59 Å². The van der Waals surface area contributed by atoms with Crippen LogP contribution in [0.1, 0.15) is 30.1 Å². The summed E-state index contributed by atoms with van der Waals surface area (Å²) < 4.78 is 4.87. The molecule has 124 valence electrons. The van der Waals surface area contributed by atoms with Crippen molar-refractivity contribution >= 4 is 24.2 Å². The predicted molar refractivity (Wildman–Crippen MR) is 86.1 cm³/mol. The Labute approximate surface area is 137 Å². The summed E-state index contributed by atoms with van der Waals surface area (Å²) in [4.78, 5) is 26.2. The van der Waals surface area contributed by atoms with Crippen molar-refractivity contribution in [3.63, 3.8) is 0 Å². The minimum atomic E-state index is -0.527. The van der Waals surface area contributed by atoms with Gasteiger partial charge in [-0.05, 0) is 45.3 Å². The molecule has 0 saturated carbocycles. The number of carbonyl (C=O) groups excluding carboxylic acids is 2. The van der Waals surface area contributed by atoms with E-state index in [-0.39, 0.29) is 24.2 Å². The summed E-state index contributed by atoms with van der Waals surface area (Å²) >= 11 is 0. The van der Waals surface area contributed by atoms with Crippen LogP contribution in [0.4, 0.5) is 0 Å². The largest absolute Gasteiger partial charge is 0.472 e. The molecule has 7 heteroatoms. The number of piperidine rings is 1. The van der Waals surface area contributed by atoms with Crippen LogP contribution in [0, 0.1) is 5.92 Å². The van der Waals surface area contributed by atoms with Crippen molar-refractivity contribution in [3.05, 3.63) is 24.2 Å². The number of carbonyl (C=O) groups is 2. The minimum Gasteiger partial charge on any atom is -0.472 e. The topological polar surface area (TPSA) is 74.6 Å². The smallest absolute Gasteiger partial charge is 0.255 e. The lowest BCUT2D eigenvalue weighted by Crippen LogP contribution is -2.50. The highest BCUT2D eigenvalue weighted by molar-refractivity contribution is 5.97. The second kappa shape index (κ2) is 8.80. The van der Waals surface area contributed by atoms with Gasteiger partial charge in [0.15, 0.2) is 0 Å². The fraction of sp³-hybridized carbons (Fsp3) is 0.600. The Morgan fingerprint density at radius 1 is 1.50 bits per heavy atom. The molecule has 0 radical (unpaired) electrons. The minimum absolute atomic E-state index is 0. The van der Waals surface area contributed by atoms with Crippen molar-refractivity contribution in [2.75, 3.05) is 26.7 Å².